The normalized spacial score (nSPS) is 13.0. The van der Waals surface area contributed by atoms with Crippen LogP contribution in [0.3, 0.4) is 0 Å². The maximum atomic E-state index is 12.2. The molecule has 1 heterocycles. The summed E-state index contributed by atoms with van der Waals surface area (Å²) in [6.45, 7) is 2.39. The maximum Gasteiger partial charge on any atom is 0.265 e. The topological polar surface area (TPSA) is 67.9 Å². The van der Waals surface area contributed by atoms with E-state index in [0.717, 1.165) is 6.42 Å². The minimum atomic E-state index is -0.355. The number of hydrogen-bond acceptors (Lipinski definition) is 4. The molecule has 0 aliphatic carbocycles. The molecule has 0 spiro atoms. The smallest absolute Gasteiger partial charge is 0.265 e. The van der Waals surface area contributed by atoms with E-state index in [4.69, 9.17) is 32.7 Å². The molecule has 8 heteroatoms. The summed E-state index contributed by atoms with van der Waals surface area (Å²) in [7, 11) is 0. The Morgan fingerprint density at radius 1 is 1.26 bits per heavy atom. The fourth-order valence-corrected chi connectivity index (χ4v) is 3.14. The molecule has 0 aromatic heterocycles. The van der Waals surface area contributed by atoms with Crippen LogP contribution in [0.2, 0.25) is 10.0 Å². The Morgan fingerprint density at radius 2 is 2.07 bits per heavy atom. The lowest BCUT2D eigenvalue weighted by Crippen LogP contribution is -2.39. The number of anilines is 2. The van der Waals surface area contributed by atoms with E-state index in [1.54, 1.807) is 41.3 Å². The molecule has 0 atom stereocenters. The molecule has 0 saturated heterocycles. The van der Waals surface area contributed by atoms with Crippen LogP contribution in [0.4, 0.5) is 11.4 Å². The second-order valence-corrected chi connectivity index (χ2v) is 6.77. The van der Waals surface area contributed by atoms with Crippen LogP contribution < -0.4 is 19.7 Å². The molecule has 6 nitrogen and oxygen atoms in total. The highest BCUT2D eigenvalue weighted by Crippen LogP contribution is 2.34. The number of halogens is 2. The number of benzene rings is 2. The summed E-state index contributed by atoms with van der Waals surface area (Å²) in [4.78, 5) is 25.9. The van der Waals surface area contributed by atoms with Gasteiger partial charge in [-0.25, -0.2) is 0 Å². The molecule has 2 aromatic carbocycles. The van der Waals surface area contributed by atoms with Gasteiger partial charge in [-0.1, -0.05) is 30.1 Å². The number of hydrogen-bond donors (Lipinski definition) is 1. The molecule has 2 aromatic rings. The number of fused-ring (bicyclic) bond motifs is 1. The number of carbonyl (C=O) groups excluding carboxylic acids is 2. The van der Waals surface area contributed by atoms with Crippen LogP contribution >= 0.6 is 23.2 Å². The van der Waals surface area contributed by atoms with Gasteiger partial charge in [-0.3, -0.25) is 9.59 Å². The van der Waals surface area contributed by atoms with Crippen LogP contribution in [-0.4, -0.2) is 31.6 Å². The summed E-state index contributed by atoms with van der Waals surface area (Å²) >= 11 is 11.9. The maximum absolute atomic E-state index is 12.2. The summed E-state index contributed by atoms with van der Waals surface area (Å²) in [5, 5.41) is 3.56. The minimum Gasteiger partial charge on any atom is -0.482 e. The number of nitrogens with zero attached hydrogens (tertiary/aromatic N) is 1. The zero-order valence-corrected chi connectivity index (χ0v) is 16.1. The van der Waals surface area contributed by atoms with Crippen molar-refractivity contribution < 1.29 is 19.1 Å². The first-order chi connectivity index (χ1) is 13.0. The van der Waals surface area contributed by atoms with Gasteiger partial charge in [0, 0.05) is 17.3 Å². The molecule has 3 rings (SSSR count). The summed E-state index contributed by atoms with van der Waals surface area (Å²) in [6.07, 6.45) is 0.817. The molecule has 2 amide bonds. The van der Waals surface area contributed by atoms with Gasteiger partial charge in [0.25, 0.3) is 11.8 Å². The molecule has 0 unspecified atom stereocenters. The molecule has 0 radical (unpaired) electrons. The molecule has 142 valence electrons. The highest BCUT2D eigenvalue weighted by molar-refractivity contribution is 6.35. The van der Waals surface area contributed by atoms with Crippen molar-refractivity contribution in [3.05, 3.63) is 46.4 Å². The zero-order valence-electron chi connectivity index (χ0n) is 14.6. The van der Waals surface area contributed by atoms with Crippen molar-refractivity contribution in [3.63, 3.8) is 0 Å². The first-order valence-corrected chi connectivity index (χ1v) is 9.18. The Morgan fingerprint density at radius 3 is 2.81 bits per heavy atom. The van der Waals surface area contributed by atoms with Crippen molar-refractivity contribution in [2.75, 3.05) is 30.0 Å². The van der Waals surface area contributed by atoms with E-state index in [9.17, 15) is 9.59 Å². The van der Waals surface area contributed by atoms with E-state index in [1.165, 1.54) is 0 Å². The van der Waals surface area contributed by atoms with E-state index in [1.807, 2.05) is 6.92 Å². The van der Waals surface area contributed by atoms with Gasteiger partial charge in [0.2, 0.25) is 0 Å². The number of amides is 2. The Balaban J connectivity index is 1.67. The monoisotopic (exact) mass is 408 g/mol. The second kappa shape index (κ2) is 8.50. The van der Waals surface area contributed by atoms with Crippen molar-refractivity contribution in [1.82, 2.24) is 0 Å². The van der Waals surface area contributed by atoms with Gasteiger partial charge < -0.3 is 19.7 Å². The van der Waals surface area contributed by atoms with Gasteiger partial charge in [0.1, 0.15) is 11.5 Å². The van der Waals surface area contributed by atoms with Gasteiger partial charge in [0.15, 0.2) is 13.2 Å². The highest BCUT2D eigenvalue weighted by atomic mass is 35.5. The van der Waals surface area contributed by atoms with Crippen molar-refractivity contribution in [3.8, 4) is 11.5 Å². The second-order valence-electron chi connectivity index (χ2n) is 5.93. The Bertz CT molecular complexity index is 873. The molecule has 1 aliphatic rings. The van der Waals surface area contributed by atoms with Crippen LogP contribution in [0.1, 0.15) is 13.3 Å². The van der Waals surface area contributed by atoms with Crippen LogP contribution in [0.25, 0.3) is 0 Å². The summed E-state index contributed by atoms with van der Waals surface area (Å²) in [6, 6.07) is 9.93. The SMILES string of the molecule is CCCN1C(=O)COc2ccc(NC(=O)COc3ccc(Cl)cc3Cl)cc21. The van der Waals surface area contributed by atoms with Gasteiger partial charge in [-0.15, -0.1) is 0 Å². The number of rotatable bonds is 6. The Kier molecular flexibility index (Phi) is 6.08. The molecular formula is C19H18Cl2N2O4. The van der Waals surface area contributed by atoms with E-state index in [2.05, 4.69) is 5.32 Å². The van der Waals surface area contributed by atoms with Crippen molar-refractivity contribution in [2.24, 2.45) is 0 Å². The third-order valence-corrected chi connectivity index (χ3v) is 4.42. The zero-order chi connectivity index (χ0) is 19.4. The molecule has 1 N–H and O–H groups in total. The number of carbonyl (C=O) groups is 2. The van der Waals surface area contributed by atoms with Gasteiger partial charge in [0.05, 0.1) is 10.7 Å². The fraction of sp³-hybridized carbons (Fsp3) is 0.263. The first-order valence-electron chi connectivity index (χ1n) is 8.43. The Hall–Kier alpha value is -2.44. The van der Waals surface area contributed by atoms with Gasteiger partial charge >= 0.3 is 0 Å². The summed E-state index contributed by atoms with van der Waals surface area (Å²) < 4.78 is 10.9. The van der Waals surface area contributed by atoms with E-state index >= 15 is 0 Å². The lowest BCUT2D eigenvalue weighted by atomic mass is 10.2. The van der Waals surface area contributed by atoms with Crippen LogP contribution in [-0.2, 0) is 9.59 Å². The molecular weight excluding hydrogens is 391 g/mol. The van der Waals surface area contributed by atoms with Crippen molar-refractivity contribution in [2.45, 2.75) is 13.3 Å². The van der Waals surface area contributed by atoms with Crippen LogP contribution in [0, 0.1) is 0 Å². The first kappa shape index (κ1) is 19.3. The average Bonchev–Trinajstić information content (AvgIpc) is 2.63. The van der Waals surface area contributed by atoms with Crippen LogP contribution in [0.15, 0.2) is 36.4 Å². The minimum absolute atomic E-state index is 0.0222. The molecule has 27 heavy (non-hydrogen) atoms. The molecule has 0 bridgehead atoms. The largest absolute Gasteiger partial charge is 0.482 e. The highest BCUT2D eigenvalue weighted by Gasteiger charge is 2.25. The van der Waals surface area contributed by atoms with Crippen molar-refractivity contribution in [1.29, 1.82) is 0 Å². The number of nitrogens with one attached hydrogen (secondary N) is 1. The predicted molar refractivity (Wildman–Crippen MR) is 105 cm³/mol. The summed E-state index contributed by atoms with van der Waals surface area (Å²) in [5.74, 6) is 0.527. The predicted octanol–water partition coefficient (Wildman–Crippen LogP) is 4.15. The fourth-order valence-electron chi connectivity index (χ4n) is 2.68. The number of ether oxygens (including phenoxy) is 2. The van der Waals surface area contributed by atoms with Gasteiger partial charge in [-0.05, 0) is 42.8 Å². The van der Waals surface area contributed by atoms with E-state index in [0.29, 0.717) is 39.5 Å². The lowest BCUT2D eigenvalue weighted by Gasteiger charge is -2.29. The van der Waals surface area contributed by atoms with Crippen molar-refractivity contribution >= 4 is 46.4 Å². The Labute approximate surface area is 167 Å². The molecule has 0 saturated carbocycles. The molecule has 1 aliphatic heterocycles. The van der Waals surface area contributed by atoms with Gasteiger partial charge in [-0.2, -0.15) is 0 Å². The quantitative estimate of drug-likeness (QED) is 0.779. The van der Waals surface area contributed by atoms with E-state index < -0.39 is 0 Å². The average molecular weight is 409 g/mol. The summed E-state index contributed by atoms with van der Waals surface area (Å²) in [5.41, 5.74) is 1.19. The third kappa shape index (κ3) is 4.64. The third-order valence-electron chi connectivity index (χ3n) is 3.89. The standard InChI is InChI=1S/C19H18Cl2N2O4/c1-2-7-23-15-9-13(4-6-17(15)27-11-19(23)25)22-18(24)10-26-16-5-3-12(20)8-14(16)21/h3-6,8-9H,2,7,10-11H2,1H3,(H,22,24). The van der Waals surface area contributed by atoms with E-state index in [-0.39, 0.29) is 25.0 Å². The van der Waals surface area contributed by atoms with Crippen LogP contribution in [0.5, 0.6) is 11.5 Å². The molecule has 0 fully saturated rings. The lowest BCUT2D eigenvalue weighted by molar-refractivity contribution is -0.121.